The monoisotopic (exact) mass is 260 g/mol. The first-order valence-corrected chi connectivity index (χ1v) is 6.13. The van der Waals surface area contributed by atoms with Crippen LogP contribution in [-0.4, -0.2) is 27.3 Å². The van der Waals surface area contributed by atoms with E-state index in [-0.39, 0.29) is 5.69 Å². The maximum absolute atomic E-state index is 11.9. The van der Waals surface area contributed by atoms with Crippen LogP contribution in [-0.2, 0) is 11.2 Å². The number of aromatic nitrogens is 3. The molecule has 2 rings (SSSR count). The Hall–Kier alpha value is -2.37. The highest BCUT2D eigenvalue weighted by atomic mass is 16.5. The molecule has 0 unspecified atom stereocenters. The second-order valence-corrected chi connectivity index (χ2v) is 3.90. The molecule has 100 valence electrons. The van der Waals surface area contributed by atoms with E-state index >= 15 is 0 Å². The van der Waals surface area contributed by atoms with Gasteiger partial charge in [-0.15, -0.1) is 0 Å². The number of nitrogen functional groups attached to an aromatic ring is 1. The van der Waals surface area contributed by atoms with E-state index in [9.17, 15) is 4.79 Å². The van der Waals surface area contributed by atoms with Crippen molar-refractivity contribution < 1.29 is 9.53 Å². The van der Waals surface area contributed by atoms with Gasteiger partial charge in [0.05, 0.1) is 12.3 Å². The Morgan fingerprint density at radius 3 is 2.63 bits per heavy atom. The Balaban J connectivity index is 2.50. The Kier molecular flexibility index (Phi) is 3.79. The van der Waals surface area contributed by atoms with Crippen LogP contribution in [0.4, 0.5) is 5.82 Å². The van der Waals surface area contributed by atoms with Crippen molar-refractivity contribution in [3.63, 3.8) is 0 Å². The number of nitrogens with zero attached hydrogens (tertiary/aromatic N) is 3. The zero-order chi connectivity index (χ0) is 13.8. The van der Waals surface area contributed by atoms with Crippen molar-refractivity contribution in [2.75, 3.05) is 12.3 Å². The molecule has 0 spiro atoms. The first kappa shape index (κ1) is 13.1. The maximum Gasteiger partial charge on any atom is 0.359 e. The zero-order valence-corrected chi connectivity index (χ0v) is 11.0. The van der Waals surface area contributed by atoms with E-state index in [1.807, 2.05) is 6.92 Å². The summed E-state index contributed by atoms with van der Waals surface area (Å²) in [5.74, 6) is 0.00982. The molecule has 2 N–H and O–H groups in total. The summed E-state index contributed by atoms with van der Waals surface area (Å²) in [6, 6.07) is 3.55. The summed E-state index contributed by atoms with van der Waals surface area (Å²) in [4.78, 5) is 15.8. The first-order chi connectivity index (χ1) is 9.19. The van der Waals surface area contributed by atoms with Gasteiger partial charge >= 0.3 is 5.97 Å². The van der Waals surface area contributed by atoms with Crippen molar-refractivity contribution in [1.29, 1.82) is 0 Å². The quantitative estimate of drug-likeness (QED) is 0.844. The minimum atomic E-state index is -0.446. The Morgan fingerprint density at radius 1 is 1.37 bits per heavy atom. The van der Waals surface area contributed by atoms with Crippen LogP contribution in [0, 0.1) is 0 Å². The van der Waals surface area contributed by atoms with E-state index in [0.717, 1.165) is 5.69 Å². The molecule has 19 heavy (non-hydrogen) atoms. The predicted molar refractivity (Wildman–Crippen MR) is 71.1 cm³/mol. The molecule has 0 saturated heterocycles. The number of anilines is 1. The third-order valence-corrected chi connectivity index (χ3v) is 2.75. The van der Waals surface area contributed by atoms with E-state index < -0.39 is 5.97 Å². The molecule has 0 fully saturated rings. The molecule has 0 aliphatic carbocycles. The molecule has 0 saturated carbocycles. The summed E-state index contributed by atoms with van der Waals surface area (Å²) in [6.07, 6.45) is 3.91. The third kappa shape index (κ3) is 2.42. The largest absolute Gasteiger partial charge is 0.461 e. The van der Waals surface area contributed by atoms with Crippen molar-refractivity contribution in [3.8, 4) is 5.69 Å². The van der Waals surface area contributed by atoms with E-state index in [1.54, 1.807) is 31.5 Å². The average Bonchev–Trinajstić information content (AvgIpc) is 2.77. The molecule has 2 heterocycles. The number of esters is 1. The summed E-state index contributed by atoms with van der Waals surface area (Å²) in [5.41, 5.74) is 7.80. The van der Waals surface area contributed by atoms with Crippen LogP contribution in [0.1, 0.15) is 29.9 Å². The van der Waals surface area contributed by atoms with Crippen LogP contribution in [0.2, 0.25) is 0 Å². The van der Waals surface area contributed by atoms with Crippen LogP contribution in [0.25, 0.3) is 5.69 Å². The topological polar surface area (TPSA) is 83.0 Å². The summed E-state index contributed by atoms with van der Waals surface area (Å²) < 4.78 is 6.53. The molecule has 6 nitrogen and oxygen atoms in total. The molecule has 0 aliphatic rings. The Bertz CT molecular complexity index is 578. The van der Waals surface area contributed by atoms with Crippen molar-refractivity contribution in [1.82, 2.24) is 14.8 Å². The van der Waals surface area contributed by atoms with Crippen LogP contribution in [0.5, 0.6) is 0 Å². The molecule has 6 heteroatoms. The number of rotatable bonds is 4. The fourth-order valence-electron chi connectivity index (χ4n) is 1.86. The molecular weight excluding hydrogens is 244 g/mol. The van der Waals surface area contributed by atoms with Gasteiger partial charge in [0.15, 0.2) is 5.69 Å². The van der Waals surface area contributed by atoms with Gasteiger partial charge in [0.2, 0.25) is 0 Å². The molecule has 0 aliphatic heterocycles. The van der Waals surface area contributed by atoms with Crippen LogP contribution in [0.3, 0.4) is 0 Å². The van der Waals surface area contributed by atoms with E-state index in [1.165, 1.54) is 4.68 Å². The van der Waals surface area contributed by atoms with Gasteiger partial charge in [-0.1, -0.05) is 6.92 Å². The molecule has 0 aromatic carbocycles. The summed E-state index contributed by atoms with van der Waals surface area (Å²) in [7, 11) is 0. The highest BCUT2D eigenvalue weighted by Crippen LogP contribution is 2.22. The number of carbonyl (C=O) groups is 1. The van der Waals surface area contributed by atoms with Crippen LogP contribution >= 0.6 is 0 Å². The van der Waals surface area contributed by atoms with Crippen molar-refractivity contribution in [2.24, 2.45) is 0 Å². The molecule has 0 bridgehead atoms. The van der Waals surface area contributed by atoms with Gasteiger partial charge in [0.1, 0.15) is 5.82 Å². The lowest BCUT2D eigenvalue weighted by Gasteiger charge is -2.03. The van der Waals surface area contributed by atoms with Gasteiger partial charge in [-0.05, 0) is 25.5 Å². The maximum atomic E-state index is 11.9. The van der Waals surface area contributed by atoms with Crippen LogP contribution in [0.15, 0.2) is 24.5 Å². The average molecular weight is 260 g/mol. The van der Waals surface area contributed by atoms with Crippen molar-refractivity contribution in [2.45, 2.75) is 20.3 Å². The molecule has 0 radical (unpaired) electrons. The van der Waals surface area contributed by atoms with Gasteiger partial charge in [-0.3, -0.25) is 4.98 Å². The lowest BCUT2D eigenvalue weighted by molar-refractivity contribution is 0.0517. The lowest BCUT2D eigenvalue weighted by Crippen LogP contribution is -2.08. The van der Waals surface area contributed by atoms with Crippen molar-refractivity contribution >= 4 is 11.8 Å². The predicted octanol–water partition coefficient (Wildman–Crippen LogP) is 1.59. The number of carbonyl (C=O) groups excluding carboxylic acids is 1. The third-order valence-electron chi connectivity index (χ3n) is 2.75. The fourth-order valence-corrected chi connectivity index (χ4v) is 1.86. The summed E-state index contributed by atoms with van der Waals surface area (Å²) >= 11 is 0. The second-order valence-electron chi connectivity index (χ2n) is 3.90. The highest BCUT2D eigenvalue weighted by molar-refractivity contribution is 5.90. The molecule has 2 aromatic rings. The normalized spacial score (nSPS) is 10.4. The number of nitrogens with two attached hydrogens (primary N) is 1. The minimum absolute atomic E-state index is 0.277. The van der Waals surface area contributed by atoms with Crippen molar-refractivity contribution in [3.05, 3.63) is 35.8 Å². The standard InChI is InChI=1S/C13H16N4O2/c1-3-10-11(13(18)19-4-2)16-17(12(10)14)9-5-7-15-8-6-9/h5-8H,3-4,14H2,1-2H3. The molecular formula is C13H16N4O2. The smallest absolute Gasteiger partial charge is 0.359 e. The highest BCUT2D eigenvalue weighted by Gasteiger charge is 2.21. The lowest BCUT2D eigenvalue weighted by atomic mass is 10.2. The van der Waals surface area contributed by atoms with E-state index in [0.29, 0.717) is 24.4 Å². The summed E-state index contributed by atoms with van der Waals surface area (Å²) in [5, 5.41) is 4.26. The number of pyridine rings is 1. The van der Waals surface area contributed by atoms with Crippen LogP contribution < -0.4 is 5.73 Å². The number of hydrogen-bond donors (Lipinski definition) is 1. The number of hydrogen-bond acceptors (Lipinski definition) is 5. The van der Waals surface area contributed by atoms with Gasteiger partial charge in [0, 0.05) is 18.0 Å². The molecule has 2 aromatic heterocycles. The minimum Gasteiger partial charge on any atom is -0.461 e. The molecule has 0 atom stereocenters. The van der Waals surface area contributed by atoms with E-state index in [2.05, 4.69) is 10.1 Å². The SMILES string of the molecule is CCOC(=O)c1nn(-c2ccncc2)c(N)c1CC. The first-order valence-electron chi connectivity index (χ1n) is 6.13. The van der Waals surface area contributed by atoms with Gasteiger partial charge < -0.3 is 10.5 Å². The Morgan fingerprint density at radius 2 is 2.05 bits per heavy atom. The zero-order valence-electron chi connectivity index (χ0n) is 11.0. The number of ether oxygens (including phenoxy) is 1. The fraction of sp³-hybridized carbons (Fsp3) is 0.308. The van der Waals surface area contributed by atoms with E-state index in [4.69, 9.17) is 10.5 Å². The van der Waals surface area contributed by atoms with Gasteiger partial charge in [0.25, 0.3) is 0 Å². The van der Waals surface area contributed by atoms with Gasteiger partial charge in [-0.2, -0.15) is 5.10 Å². The summed E-state index contributed by atoms with van der Waals surface area (Å²) in [6.45, 7) is 3.99. The molecule has 0 amide bonds. The Labute approximate surface area is 111 Å². The second kappa shape index (κ2) is 5.51. The van der Waals surface area contributed by atoms with Gasteiger partial charge in [-0.25, -0.2) is 9.48 Å².